The molecule has 0 bridgehead atoms. The predicted molar refractivity (Wildman–Crippen MR) is 86.9 cm³/mol. The number of anilines is 1. The van der Waals surface area contributed by atoms with Crippen molar-refractivity contribution in [1.82, 2.24) is 0 Å². The summed E-state index contributed by atoms with van der Waals surface area (Å²) in [7, 11) is 0. The second-order valence-electron chi connectivity index (χ2n) is 5.34. The second kappa shape index (κ2) is 9.03. The Morgan fingerprint density at radius 1 is 1.29 bits per heavy atom. The number of carboxylic acids is 1. The first kappa shape index (κ1) is 18.0. The Morgan fingerprint density at radius 3 is 2.52 bits per heavy atom. The summed E-state index contributed by atoms with van der Waals surface area (Å²) in [5.41, 5.74) is 6.56. The quantitative estimate of drug-likeness (QED) is 0.476. The molecule has 21 heavy (non-hydrogen) atoms. The number of rotatable bonds is 9. The standard InChI is InChI=1S/C16H23BrFNO2/c1-2-3-4-5-6-7-8-12(16(20)21)13-9-11(18)10-14(17)15(13)19/h9-10,12H,2-8,19H2,1H3,(H,20,21). The smallest absolute Gasteiger partial charge is 0.311 e. The largest absolute Gasteiger partial charge is 0.481 e. The van der Waals surface area contributed by atoms with Crippen LogP contribution in [-0.2, 0) is 4.79 Å². The highest BCUT2D eigenvalue weighted by molar-refractivity contribution is 9.10. The summed E-state index contributed by atoms with van der Waals surface area (Å²) in [6.45, 7) is 2.16. The minimum atomic E-state index is -0.951. The Kier molecular flexibility index (Phi) is 7.72. The molecular formula is C16H23BrFNO2. The third kappa shape index (κ3) is 5.65. The van der Waals surface area contributed by atoms with Gasteiger partial charge in [-0.25, -0.2) is 4.39 Å². The topological polar surface area (TPSA) is 63.3 Å². The van der Waals surface area contributed by atoms with E-state index in [1.807, 2.05) is 0 Å². The van der Waals surface area contributed by atoms with E-state index in [1.54, 1.807) is 0 Å². The van der Waals surface area contributed by atoms with Crippen LogP contribution in [-0.4, -0.2) is 11.1 Å². The predicted octanol–water partition coefficient (Wildman–Crippen LogP) is 5.09. The van der Waals surface area contributed by atoms with Gasteiger partial charge in [-0.2, -0.15) is 0 Å². The summed E-state index contributed by atoms with van der Waals surface area (Å²) in [4.78, 5) is 11.4. The molecule has 0 radical (unpaired) electrons. The number of hydrogen-bond acceptors (Lipinski definition) is 2. The van der Waals surface area contributed by atoms with E-state index in [9.17, 15) is 14.3 Å². The summed E-state index contributed by atoms with van der Waals surface area (Å²) >= 11 is 3.17. The molecule has 0 saturated heterocycles. The number of hydrogen-bond donors (Lipinski definition) is 2. The average molecular weight is 360 g/mol. The van der Waals surface area contributed by atoms with Crippen molar-refractivity contribution in [1.29, 1.82) is 0 Å². The summed E-state index contributed by atoms with van der Waals surface area (Å²) in [5.74, 6) is -2.17. The van der Waals surface area contributed by atoms with Crippen molar-refractivity contribution in [2.24, 2.45) is 0 Å². The molecule has 0 aliphatic heterocycles. The van der Waals surface area contributed by atoms with E-state index >= 15 is 0 Å². The van der Waals surface area contributed by atoms with Crippen molar-refractivity contribution in [3.8, 4) is 0 Å². The molecule has 1 aromatic rings. The van der Waals surface area contributed by atoms with Crippen molar-refractivity contribution < 1.29 is 14.3 Å². The van der Waals surface area contributed by atoms with Crippen molar-refractivity contribution in [3.63, 3.8) is 0 Å². The van der Waals surface area contributed by atoms with Gasteiger partial charge in [0.25, 0.3) is 0 Å². The molecule has 5 heteroatoms. The maximum absolute atomic E-state index is 13.5. The number of nitrogens with two attached hydrogens (primary N) is 1. The Morgan fingerprint density at radius 2 is 1.90 bits per heavy atom. The molecule has 0 spiro atoms. The molecule has 0 aliphatic rings. The lowest BCUT2D eigenvalue weighted by atomic mass is 9.91. The Bertz CT molecular complexity index is 480. The molecule has 0 amide bonds. The van der Waals surface area contributed by atoms with E-state index in [0.717, 1.165) is 19.3 Å². The summed E-state index contributed by atoms with van der Waals surface area (Å²) in [6, 6.07) is 2.48. The molecule has 0 aromatic heterocycles. The van der Waals surface area contributed by atoms with Gasteiger partial charge in [-0.15, -0.1) is 0 Å². The third-order valence-corrected chi connectivity index (χ3v) is 4.30. The maximum Gasteiger partial charge on any atom is 0.311 e. The van der Waals surface area contributed by atoms with Crippen LogP contribution in [0, 0.1) is 5.82 Å². The first-order valence-corrected chi connectivity index (χ1v) is 8.23. The Hall–Kier alpha value is -1.10. The van der Waals surface area contributed by atoms with Gasteiger partial charge in [0.05, 0.1) is 11.6 Å². The van der Waals surface area contributed by atoms with Crippen LogP contribution < -0.4 is 5.73 Å². The van der Waals surface area contributed by atoms with Crippen LogP contribution >= 0.6 is 15.9 Å². The van der Waals surface area contributed by atoms with Gasteiger partial charge in [-0.05, 0) is 40.0 Å². The minimum absolute atomic E-state index is 0.315. The zero-order valence-electron chi connectivity index (χ0n) is 12.4. The van der Waals surface area contributed by atoms with E-state index in [0.29, 0.717) is 22.1 Å². The Labute approximate surface area is 133 Å². The van der Waals surface area contributed by atoms with E-state index in [4.69, 9.17) is 5.73 Å². The number of carboxylic acid groups (broad SMARTS) is 1. The lowest BCUT2D eigenvalue weighted by Gasteiger charge is -2.16. The summed E-state index contributed by atoms with van der Waals surface area (Å²) < 4.78 is 13.9. The number of halogens is 2. The molecule has 0 heterocycles. The maximum atomic E-state index is 13.5. The molecule has 1 rings (SSSR count). The van der Waals surface area contributed by atoms with Crippen molar-refractivity contribution in [2.45, 2.75) is 57.8 Å². The number of nitrogen functional groups attached to an aromatic ring is 1. The zero-order valence-corrected chi connectivity index (χ0v) is 14.0. The van der Waals surface area contributed by atoms with Gasteiger partial charge in [0.15, 0.2) is 0 Å². The molecule has 1 atom stereocenters. The molecule has 0 aliphatic carbocycles. The molecule has 1 aromatic carbocycles. The van der Waals surface area contributed by atoms with Gasteiger partial charge in [0, 0.05) is 4.47 Å². The van der Waals surface area contributed by atoms with Gasteiger partial charge >= 0.3 is 5.97 Å². The van der Waals surface area contributed by atoms with Crippen LogP contribution in [0.2, 0.25) is 0 Å². The zero-order chi connectivity index (χ0) is 15.8. The van der Waals surface area contributed by atoms with Gasteiger partial charge in [0.2, 0.25) is 0 Å². The highest BCUT2D eigenvalue weighted by Crippen LogP contribution is 2.33. The van der Waals surface area contributed by atoms with Crippen molar-refractivity contribution in [2.75, 3.05) is 5.73 Å². The molecule has 0 saturated carbocycles. The van der Waals surface area contributed by atoms with Crippen molar-refractivity contribution in [3.05, 3.63) is 28.0 Å². The summed E-state index contributed by atoms with van der Waals surface area (Å²) in [6.07, 6.45) is 7.00. The number of aliphatic carboxylic acids is 1. The van der Waals surface area contributed by atoms with E-state index < -0.39 is 17.7 Å². The monoisotopic (exact) mass is 359 g/mol. The summed E-state index contributed by atoms with van der Waals surface area (Å²) in [5, 5.41) is 9.38. The second-order valence-corrected chi connectivity index (χ2v) is 6.19. The Balaban J connectivity index is 2.68. The average Bonchev–Trinajstić information content (AvgIpc) is 2.42. The van der Waals surface area contributed by atoms with Crippen LogP contribution in [0.15, 0.2) is 16.6 Å². The van der Waals surface area contributed by atoms with Crippen molar-refractivity contribution >= 4 is 27.6 Å². The molecule has 1 unspecified atom stereocenters. The lowest BCUT2D eigenvalue weighted by Crippen LogP contribution is -2.14. The van der Waals surface area contributed by atoms with Gasteiger partial charge in [-0.3, -0.25) is 4.79 Å². The first-order valence-electron chi connectivity index (χ1n) is 7.44. The molecule has 3 nitrogen and oxygen atoms in total. The SMILES string of the molecule is CCCCCCCCC(C(=O)O)c1cc(F)cc(Br)c1N. The third-order valence-electron chi connectivity index (χ3n) is 3.65. The molecule has 118 valence electrons. The fraction of sp³-hybridized carbons (Fsp3) is 0.562. The van der Waals surface area contributed by atoms with E-state index in [-0.39, 0.29) is 0 Å². The fourth-order valence-corrected chi connectivity index (χ4v) is 2.88. The normalized spacial score (nSPS) is 12.3. The lowest BCUT2D eigenvalue weighted by molar-refractivity contribution is -0.139. The van der Waals surface area contributed by atoms with Gasteiger partial charge < -0.3 is 10.8 Å². The van der Waals surface area contributed by atoms with Crippen LogP contribution in [0.1, 0.15) is 63.4 Å². The van der Waals surface area contributed by atoms with E-state index in [1.165, 1.54) is 31.4 Å². The van der Waals surface area contributed by atoms with Crippen LogP contribution in [0.25, 0.3) is 0 Å². The van der Waals surface area contributed by atoms with Crippen LogP contribution in [0.4, 0.5) is 10.1 Å². The number of benzene rings is 1. The number of unbranched alkanes of at least 4 members (excludes halogenated alkanes) is 5. The number of carbonyl (C=O) groups is 1. The highest BCUT2D eigenvalue weighted by atomic mass is 79.9. The van der Waals surface area contributed by atoms with Gasteiger partial charge in [-0.1, -0.05) is 45.4 Å². The van der Waals surface area contributed by atoms with Gasteiger partial charge in [0.1, 0.15) is 5.82 Å². The molecule has 0 fully saturated rings. The minimum Gasteiger partial charge on any atom is -0.481 e. The molecular weight excluding hydrogens is 337 g/mol. The fourth-order valence-electron chi connectivity index (χ4n) is 2.43. The highest BCUT2D eigenvalue weighted by Gasteiger charge is 2.23. The van der Waals surface area contributed by atoms with E-state index in [2.05, 4.69) is 22.9 Å². The van der Waals surface area contributed by atoms with Crippen LogP contribution in [0.3, 0.4) is 0 Å². The molecule has 3 N–H and O–H groups in total. The van der Waals surface area contributed by atoms with Crippen LogP contribution in [0.5, 0.6) is 0 Å². The first-order chi connectivity index (χ1) is 9.97.